The van der Waals surface area contributed by atoms with Crippen LogP contribution < -0.4 is 20.6 Å². The minimum Gasteiger partial charge on any atom is -0.490 e. The number of morpholine rings is 1. The van der Waals surface area contributed by atoms with Gasteiger partial charge in [0.05, 0.1) is 36.3 Å². The van der Waals surface area contributed by atoms with Crippen LogP contribution in [0.25, 0.3) is 0 Å². The number of ether oxygens (including phenoxy) is 3. The van der Waals surface area contributed by atoms with E-state index in [1.165, 1.54) is 29.3 Å². The second-order valence-electron chi connectivity index (χ2n) is 6.53. The minimum atomic E-state index is -0.296. The molecule has 3 N–H and O–H groups in total. The summed E-state index contributed by atoms with van der Waals surface area (Å²) in [5.74, 6) is 0.598. The van der Waals surface area contributed by atoms with E-state index >= 15 is 0 Å². The second kappa shape index (κ2) is 12.7. The van der Waals surface area contributed by atoms with Crippen LogP contribution in [0.15, 0.2) is 26.0 Å². The number of hydrogen-bond donors (Lipinski definition) is 2. The van der Waals surface area contributed by atoms with Gasteiger partial charge in [-0.2, -0.15) is 5.10 Å². The van der Waals surface area contributed by atoms with Gasteiger partial charge in [0.15, 0.2) is 22.4 Å². The van der Waals surface area contributed by atoms with Crippen molar-refractivity contribution in [1.29, 1.82) is 0 Å². The molecule has 0 unspecified atom stereocenters. The summed E-state index contributed by atoms with van der Waals surface area (Å²) in [5, 5.41) is 11.9. The number of carbonyl (C=O) groups is 2. The fourth-order valence-corrected chi connectivity index (χ4v) is 4.72. The first-order valence-electron chi connectivity index (χ1n) is 9.94. The number of amides is 2. The zero-order valence-corrected chi connectivity index (χ0v) is 21.0. The number of nitrogen functional groups attached to an aromatic ring is 1. The van der Waals surface area contributed by atoms with Gasteiger partial charge < -0.3 is 24.8 Å². The number of nitrogens with one attached hydrogen (secondary N) is 1. The Morgan fingerprint density at radius 3 is 2.85 bits per heavy atom. The van der Waals surface area contributed by atoms with E-state index in [2.05, 4.69) is 36.7 Å². The van der Waals surface area contributed by atoms with E-state index in [0.29, 0.717) is 63.9 Å². The van der Waals surface area contributed by atoms with Crippen molar-refractivity contribution in [1.82, 2.24) is 20.5 Å². The van der Waals surface area contributed by atoms with Crippen molar-refractivity contribution in [3.8, 4) is 11.5 Å². The van der Waals surface area contributed by atoms with E-state index in [4.69, 9.17) is 19.9 Å². The molecule has 0 spiro atoms. The Kier molecular flexibility index (Phi) is 9.72. The van der Waals surface area contributed by atoms with Crippen molar-refractivity contribution in [2.75, 3.05) is 51.0 Å². The Hall–Kier alpha value is -2.42. The number of hydrazone groups is 1. The van der Waals surface area contributed by atoms with Crippen LogP contribution in [0.4, 0.5) is 5.13 Å². The molecular weight excluding hydrogens is 536 g/mol. The third kappa shape index (κ3) is 7.84. The summed E-state index contributed by atoms with van der Waals surface area (Å²) < 4.78 is 17.9. The first kappa shape index (κ1) is 25.2. The van der Waals surface area contributed by atoms with Crippen molar-refractivity contribution in [3.05, 3.63) is 22.2 Å². The largest absolute Gasteiger partial charge is 0.490 e. The standard InChI is InChI=1S/C19H23BrN6O5S2/c1-2-30-14-8-12(9-22-23-15(27)11-32-19-25-24-18(21)33-19)7-13(20)17(14)31-10-16(28)26-3-5-29-6-4-26/h7-9H,2-6,10-11H2,1H3,(H2,21,24)(H,23,27). The number of nitrogens with zero attached hydrogens (tertiary/aromatic N) is 4. The molecule has 1 fully saturated rings. The van der Waals surface area contributed by atoms with Crippen LogP contribution >= 0.6 is 39.0 Å². The number of anilines is 1. The molecular formula is C19H23BrN6O5S2. The van der Waals surface area contributed by atoms with Gasteiger partial charge in [-0.15, -0.1) is 10.2 Å². The monoisotopic (exact) mass is 558 g/mol. The molecule has 14 heteroatoms. The molecule has 0 radical (unpaired) electrons. The Bertz CT molecular complexity index is 999. The van der Waals surface area contributed by atoms with Crippen molar-refractivity contribution in [2.45, 2.75) is 11.3 Å². The predicted molar refractivity (Wildman–Crippen MR) is 129 cm³/mol. The number of rotatable bonds is 10. The highest BCUT2D eigenvalue weighted by atomic mass is 79.9. The number of aromatic nitrogens is 2. The van der Waals surface area contributed by atoms with Crippen LogP contribution in [0.2, 0.25) is 0 Å². The molecule has 178 valence electrons. The maximum atomic E-state index is 12.4. The highest BCUT2D eigenvalue weighted by molar-refractivity contribution is 9.10. The highest BCUT2D eigenvalue weighted by Gasteiger charge is 2.19. The van der Waals surface area contributed by atoms with Gasteiger partial charge in [0.25, 0.3) is 11.8 Å². The quantitative estimate of drug-likeness (QED) is 0.253. The molecule has 1 aliphatic rings. The zero-order valence-electron chi connectivity index (χ0n) is 17.8. The summed E-state index contributed by atoms with van der Waals surface area (Å²) in [6.07, 6.45) is 1.49. The molecule has 11 nitrogen and oxygen atoms in total. The van der Waals surface area contributed by atoms with Crippen LogP contribution in [0, 0.1) is 0 Å². The van der Waals surface area contributed by atoms with Gasteiger partial charge in [-0.05, 0) is 40.5 Å². The summed E-state index contributed by atoms with van der Waals surface area (Å²) in [6.45, 7) is 4.30. The van der Waals surface area contributed by atoms with E-state index in [-0.39, 0.29) is 24.2 Å². The van der Waals surface area contributed by atoms with Crippen LogP contribution in [-0.4, -0.2) is 78.4 Å². The van der Waals surface area contributed by atoms with Gasteiger partial charge in [-0.1, -0.05) is 23.1 Å². The fourth-order valence-electron chi connectivity index (χ4n) is 2.72. The smallest absolute Gasteiger partial charge is 0.260 e. The van der Waals surface area contributed by atoms with Crippen LogP contribution in [0.5, 0.6) is 11.5 Å². The minimum absolute atomic E-state index is 0.111. The molecule has 1 aliphatic heterocycles. The number of carbonyl (C=O) groups excluding carboxylic acids is 2. The molecule has 0 atom stereocenters. The molecule has 3 rings (SSSR count). The fraction of sp³-hybridized carbons (Fsp3) is 0.421. The first-order chi connectivity index (χ1) is 16.0. The van der Waals surface area contributed by atoms with Crippen LogP contribution in [-0.2, 0) is 14.3 Å². The number of benzene rings is 1. The third-order valence-electron chi connectivity index (χ3n) is 4.19. The molecule has 0 saturated carbocycles. The normalized spacial score (nSPS) is 13.8. The number of hydrogen-bond acceptors (Lipinski definition) is 11. The Balaban J connectivity index is 1.57. The molecule has 0 aliphatic carbocycles. The molecule has 0 bridgehead atoms. The van der Waals surface area contributed by atoms with E-state index in [9.17, 15) is 9.59 Å². The molecule has 1 aromatic carbocycles. The molecule has 33 heavy (non-hydrogen) atoms. The van der Waals surface area contributed by atoms with E-state index in [0.717, 1.165) is 0 Å². The van der Waals surface area contributed by atoms with E-state index in [1.54, 1.807) is 17.0 Å². The van der Waals surface area contributed by atoms with E-state index in [1.807, 2.05) is 6.92 Å². The van der Waals surface area contributed by atoms with E-state index < -0.39 is 0 Å². The van der Waals surface area contributed by atoms with Gasteiger partial charge in [-0.25, -0.2) is 5.43 Å². The highest BCUT2D eigenvalue weighted by Crippen LogP contribution is 2.36. The van der Waals surface area contributed by atoms with Gasteiger partial charge in [0, 0.05) is 13.1 Å². The van der Waals surface area contributed by atoms with Gasteiger partial charge in [0.1, 0.15) is 0 Å². The molecule has 2 heterocycles. The van der Waals surface area contributed by atoms with Crippen molar-refractivity contribution < 1.29 is 23.8 Å². The molecule has 2 aromatic rings. The zero-order chi connectivity index (χ0) is 23.6. The Morgan fingerprint density at radius 2 is 2.15 bits per heavy atom. The van der Waals surface area contributed by atoms with Crippen LogP contribution in [0.1, 0.15) is 12.5 Å². The summed E-state index contributed by atoms with van der Waals surface area (Å²) in [6, 6.07) is 3.47. The van der Waals surface area contributed by atoms with Crippen molar-refractivity contribution in [2.24, 2.45) is 5.10 Å². The lowest BCUT2D eigenvalue weighted by Gasteiger charge is -2.27. The number of nitrogens with two attached hydrogens (primary N) is 1. The number of halogens is 1. The maximum Gasteiger partial charge on any atom is 0.260 e. The second-order valence-corrected chi connectivity index (χ2v) is 9.62. The lowest BCUT2D eigenvalue weighted by atomic mass is 10.2. The SMILES string of the molecule is CCOc1cc(C=NNC(=O)CSc2nnc(N)s2)cc(Br)c1OCC(=O)N1CCOCC1. The van der Waals surface area contributed by atoms with Gasteiger partial charge in [0.2, 0.25) is 5.13 Å². The topological polar surface area (TPSA) is 141 Å². The van der Waals surface area contributed by atoms with Crippen molar-refractivity contribution >= 4 is 62.2 Å². The Morgan fingerprint density at radius 1 is 1.36 bits per heavy atom. The molecule has 1 aromatic heterocycles. The lowest BCUT2D eigenvalue weighted by molar-refractivity contribution is -0.137. The summed E-state index contributed by atoms with van der Waals surface area (Å²) in [4.78, 5) is 26.1. The average molecular weight is 559 g/mol. The van der Waals surface area contributed by atoms with Crippen LogP contribution in [0.3, 0.4) is 0 Å². The summed E-state index contributed by atoms with van der Waals surface area (Å²) >= 11 is 5.90. The van der Waals surface area contributed by atoms with Gasteiger partial charge >= 0.3 is 0 Å². The molecule has 2 amide bonds. The molecule has 1 saturated heterocycles. The maximum absolute atomic E-state index is 12.4. The number of thioether (sulfide) groups is 1. The average Bonchev–Trinajstić information content (AvgIpc) is 3.23. The van der Waals surface area contributed by atoms with Crippen molar-refractivity contribution in [3.63, 3.8) is 0 Å². The summed E-state index contributed by atoms with van der Waals surface area (Å²) in [5.41, 5.74) is 8.64. The lowest BCUT2D eigenvalue weighted by Crippen LogP contribution is -2.43. The van der Waals surface area contributed by atoms with Gasteiger partial charge in [-0.3, -0.25) is 9.59 Å². The predicted octanol–water partition coefficient (Wildman–Crippen LogP) is 1.76. The Labute approximate surface area is 207 Å². The first-order valence-corrected chi connectivity index (χ1v) is 12.5. The summed E-state index contributed by atoms with van der Waals surface area (Å²) in [7, 11) is 0. The third-order valence-corrected chi connectivity index (χ3v) is 6.66.